The van der Waals surface area contributed by atoms with Crippen LogP contribution in [0, 0.1) is 0 Å². The molecule has 0 atom stereocenters. The van der Waals surface area contributed by atoms with Crippen molar-refractivity contribution in [2.24, 2.45) is 0 Å². The van der Waals surface area contributed by atoms with Crippen LogP contribution < -0.4 is 10.1 Å². The first-order valence-corrected chi connectivity index (χ1v) is 7.25. The molecule has 2 N–H and O–H groups in total. The number of nitrogens with one attached hydrogen (secondary N) is 1. The van der Waals surface area contributed by atoms with Gasteiger partial charge in [0.25, 0.3) is 5.91 Å². The van der Waals surface area contributed by atoms with Crippen LogP contribution in [0.3, 0.4) is 0 Å². The maximum Gasteiger partial charge on any atom is 0.329 e. The van der Waals surface area contributed by atoms with Crippen LogP contribution in [0.2, 0.25) is 0 Å². The van der Waals surface area contributed by atoms with E-state index in [0.29, 0.717) is 29.0 Å². The topological polar surface area (TPSA) is 84.9 Å². The van der Waals surface area contributed by atoms with Crippen molar-refractivity contribution in [2.45, 2.75) is 18.4 Å². The Hall–Kier alpha value is -1.60. The smallest absolute Gasteiger partial charge is 0.329 e. The van der Waals surface area contributed by atoms with Crippen molar-refractivity contribution >= 4 is 27.8 Å². The van der Waals surface area contributed by atoms with Crippen LogP contribution in [0.4, 0.5) is 0 Å². The van der Waals surface area contributed by atoms with Crippen LogP contribution in [-0.4, -0.2) is 42.8 Å². The zero-order valence-electron chi connectivity index (χ0n) is 11.5. The fourth-order valence-electron chi connectivity index (χ4n) is 2.21. The van der Waals surface area contributed by atoms with Crippen molar-refractivity contribution in [3.05, 3.63) is 28.2 Å². The molecule has 1 fully saturated rings. The van der Waals surface area contributed by atoms with Gasteiger partial charge in [-0.2, -0.15) is 0 Å². The molecule has 1 aromatic carbocycles. The highest BCUT2D eigenvalue weighted by molar-refractivity contribution is 9.10. The van der Waals surface area contributed by atoms with Crippen LogP contribution in [0.25, 0.3) is 0 Å². The summed E-state index contributed by atoms with van der Waals surface area (Å²) in [5, 5.41) is 12.1. The Morgan fingerprint density at radius 2 is 2.05 bits per heavy atom. The minimum absolute atomic E-state index is 0.255. The number of hydrogen-bond donors (Lipinski definition) is 2. The Labute approximate surface area is 130 Å². The number of carbonyl (C=O) groups excluding carboxylic acids is 1. The summed E-state index contributed by atoms with van der Waals surface area (Å²) in [4.78, 5) is 23.8. The predicted octanol–water partition coefficient (Wildman–Crippen LogP) is 1.82. The normalized spacial score (nSPS) is 17.0. The lowest BCUT2D eigenvalue weighted by Crippen LogP contribution is -2.57. The largest absolute Gasteiger partial charge is 0.496 e. The van der Waals surface area contributed by atoms with Gasteiger partial charge in [0, 0.05) is 31.6 Å². The van der Waals surface area contributed by atoms with E-state index in [-0.39, 0.29) is 12.8 Å². The number of hydrogen-bond acceptors (Lipinski definition) is 4. The first-order valence-electron chi connectivity index (χ1n) is 6.46. The van der Waals surface area contributed by atoms with Gasteiger partial charge >= 0.3 is 5.97 Å². The third-order valence-electron chi connectivity index (χ3n) is 3.52. The minimum Gasteiger partial charge on any atom is -0.496 e. The summed E-state index contributed by atoms with van der Waals surface area (Å²) in [5.41, 5.74) is -0.892. The van der Waals surface area contributed by atoms with Gasteiger partial charge in [0.2, 0.25) is 0 Å². The first-order chi connectivity index (χ1) is 9.98. The van der Waals surface area contributed by atoms with Crippen LogP contribution in [0.15, 0.2) is 22.7 Å². The number of carbonyl (C=O) groups is 2. The van der Waals surface area contributed by atoms with E-state index >= 15 is 0 Å². The van der Waals surface area contributed by atoms with Gasteiger partial charge in [-0.3, -0.25) is 4.79 Å². The molecule has 0 aromatic heterocycles. The standard InChI is InChI=1S/C14H16BrNO5/c1-20-11-3-2-9(8-10(11)15)12(17)16-14(13(18)19)4-6-21-7-5-14/h2-3,8H,4-7H2,1H3,(H,16,17)(H,18,19). The molecule has 0 saturated carbocycles. The highest BCUT2D eigenvalue weighted by atomic mass is 79.9. The Morgan fingerprint density at radius 3 is 2.57 bits per heavy atom. The van der Waals surface area contributed by atoms with E-state index in [1.807, 2.05) is 0 Å². The van der Waals surface area contributed by atoms with Crippen molar-refractivity contribution in [1.82, 2.24) is 5.32 Å². The zero-order chi connectivity index (χ0) is 15.5. The molecule has 0 spiro atoms. The lowest BCUT2D eigenvalue weighted by atomic mass is 9.89. The third kappa shape index (κ3) is 3.36. The van der Waals surface area contributed by atoms with E-state index in [9.17, 15) is 14.7 Å². The molecule has 1 amide bonds. The minimum atomic E-state index is -1.26. The van der Waals surface area contributed by atoms with E-state index in [1.54, 1.807) is 18.2 Å². The molecule has 0 bridgehead atoms. The predicted molar refractivity (Wildman–Crippen MR) is 78.6 cm³/mol. The number of carboxylic acid groups (broad SMARTS) is 1. The molecule has 0 unspecified atom stereocenters. The Bertz CT molecular complexity index is 554. The van der Waals surface area contributed by atoms with Gasteiger partial charge in [0.1, 0.15) is 11.3 Å². The van der Waals surface area contributed by atoms with Crippen molar-refractivity contribution in [1.29, 1.82) is 0 Å². The SMILES string of the molecule is COc1ccc(C(=O)NC2(C(=O)O)CCOCC2)cc1Br. The molecule has 0 aliphatic carbocycles. The van der Waals surface area contributed by atoms with Crippen LogP contribution in [-0.2, 0) is 9.53 Å². The highest BCUT2D eigenvalue weighted by Crippen LogP contribution is 2.27. The lowest BCUT2D eigenvalue weighted by molar-refractivity contribution is -0.148. The molecular weight excluding hydrogens is 342 g/mol. The third-order valence-corrected chi connectivity index (χ3v) is 4.14. The number of benzene rings is 1. The Balaban J connectivity index is 2.19. The number of carboxylic acids is 1. The van der Waals surface area contributed by atoms with Gasteiger partial charge in [-0.1, -0.05) is 0 Å². The number of ether oxygens (including phenoxy) is 2. The summed E-state index contributed by atoms with van der Waals surface area (Å²) < 4.78 is 10.9. The summed E-state index contributed by atoms with van der Waals surface area (Å²) in [6.07, 6.45) is 0.511. The van der Waals surface area contributed by atoms with Crippen LogP contribution >= 0.6 is 15.9 Å². The highest BCUT2D eigenvalue weighted by Gasteiger charge is 2.41. The molecule has 1 aromatic rings. The maximum atomic E-state index is 12.3. The van der Waals surface area contributed by atoms with Crippen molar-refractivity contribution < 1.29 is 24.2 Å². The summed E-state index contributed by atoms with van der Waals surface area (Å²) in [7, 11) is 1.53. The second-order valence-corrected chi connectivity index (χ2v) is 5.66. The fraction of sp³-hybridized carbons (Fsp3) is 0.429. The number of aliphatic carboxylic acids is 1. The lowest BCUT2D eigenvalue weighted by Gasteiger charge is -2.33. The van der Waals surface area contributed by atoms with E-state index in [4.69, 9.17) is 9.47 Å². The quantitative estimate of drug-likeness (QED) is 0.858. The molecule has 7 heteroatoms. The molecule has 1 aliphatic heterocycles. The van der Waals surface area contributed by atoms with Crippen LogP contribution in [0.1, 0.15) is 23.2 Å². The summed E-state index contributed by atoms with van der Waals surface area (Å²) in [6.45, 7) is 0.637. The zero-order valence-corrected chi connectivity index (χ0v) is 13.1. The molecule has 6 nitrogen and oxygen atoms in total. The van der Waals surface area contributed by atoms with E-state index < -0.39 is 17.4 Å². The van der Waals surface area contributed by atoms with Crippen molar-refractivity contribution in [3.63, 3.8) is 0 Å². The monoisotopic (exact) mass is 357 g/mol. The first kappa shape index (κ1) is 15.8. The molecule has 114 valence electrons. The van der Waals surface area contributed by atoms with Crippen molar-refractivity contribution in [2.75, 3.05) is 20.3 Å². The number of halogens is 1. The van der Waals surface area contributed by atoms with E-state index in [0.717, 1.165) is 0 Å². The molecule has 1 heterocycles. The second kappa shape index (κ2) is 6.44. The molecule has 2 rings (SSSR count). The van der Waals surface area contributed by atoms with Gasteiger partial charge in [-0.15, -0.1) is 0 Å². The number of methoxy groups -OCH3 is 1. The van der Waals surface area contributed by atoms with Gasteiger partial charge in [0.05, 0.1) is 11.6 Å². The molecule has 0 radical (unpaired) electrons. The average molecular weight is 358 g/mol. The van der Waals surface area contributed by atoms with Gasteiger partial charge in [0.15, 0.2) is 0 Å². The van der Waals surface area contributed by atoms with Crippen LogP contribution in [0.5, 0.6) is 5.75 Å². The van der Waals surface area contributed by atoms with Gasteiger partial charge in [-0.05, 0) is 34.1 Å². The Kier molecular flexibility index (Phi) is 4.84. The van der Waals surface area contributed by atoms with Gasteiger partial charge in [-0.25, -0.2) is 4.79 Å². The Morgan fingerprint density at radius 1 is 1.38 bits per heavy atom. The fourth-order valence-corrected chi connectivity index (χ4v) is 2.75. The molecule has 1 aliphatic rings. The maximum absolute atomic E-state index is 12.3. The van der Waals surface area contributed by atoms with Crippen molar-refractivity contribution in [3.8, 4) is 5.75 Å². The molecule has 21 heavy (non-hydrogen) atoms. The van der Waals surface area contributed by atoms with E-state index in [2.05, 4.69) is 21.2 Å². The molecular formula is C14H16BrNO5. The summed E-state index contributed by atoms with van der Waals surface area (Å²) in [6, 6.07) is 4.84. The molecule has 1 saturated heterocycles. The second-order valence-electron chi connectivity index (χ2n) is 4.80. The number of rotatable bonds is 4. The average Bonchev–Trinajstić information content (AvgIpc) is 2.47. The van der Waals surface area contributed by atoms with Gasteiger partial charge < -0.3 is 19.9 Å². The summed E-state index contributed by atoms with van der Waals surface area (Å²) in [5.74, 6) is -0.861. The number of amides is 1. The summed E-state index contributed by atoms with van der Waals surface area (Å²) >= 11 is 3.30. The van der Waals surface area contributed by atoms with E-state index in [1.165, 1.54) is 7.11 Å².